The fourth-order valence-corrected chi connectivity index (χ4v) is 2.69. The quantitative estimate of drug-likeness (QED) is 0.745. The van der Waals surface area contributed by atoms with Crippen LogP contribution in [0.25, 0.3) is 10.9 Å². The number of aromatic nitrogens is 1. The molecule has 0 aliphatic rings. The van der Waals surface area contributed by atoms with Crippen LogP contribution < -0.4 is 0 Å². The summed E-state index contributed by atoms with van der Waals surface area (Å²) in [6.45, 7) is 0. The van der Waals surface area contributed by atoms with E-state index in [0.29, 0.717) is 11.1 Å². The first-order valence-corrected chi connectivity index (χ1v) is 7.03. The van der Waals surface area contributed by atoms with Gasteiger partial charge in [-0.2, -0.15) is 0 Å². The standard InChI is InChI=1S/C16H10BrF2NO/c17-12-5-4-11(15-10(12)2-1-7-20-15)16(21)9-3-6-13(18)14(19)8-9/h1-8,16,21H. The number of hydrogen-bond acceptors (Lipinski definition) is 2. The molecule has 0 saturated heterocycles. The first kappa shape index (κ1) is 14.1. The van der Waals surface area contributed by atoms with E-state index >= 15 is 0 Å². The maximum atomic E-state index is 13.3. The molecule has 2 aromatic carbocycles. The van der Waals surface area contributed by atoms with Crippen LogP contribution in [0.4, 0.5) is 8.78 Å². The number of nitrogens with zero attached hydrogens (tertiary/aromatic N) is 1. The molecule has 0 spiro atoms. The van der Waals surface area contributed by atoms with E-state index in [0.717, 1.165) is 22.0 Å². The fraction of sp³-hybridized carbons (Fsp3) is 0.0625. The van der Waals surface area contributed by atoms with Crippen LogP contribution in [0.1, 0.15) is 17.2 Å². The van der Waals surface area contributed by atoms with Gasteiger partial charge in [0, 0.05) is 21.6 Å². The highest BCUT2D eigenvalue weighted by atomic mass is 79.9. The highest BCUT2D eigenvalue weighted by Crippen LogP contribution is 2.32. The number of aliphatic hydroxyl groups excluding tert-OH is 1. The monoisotopic (exact) mass is 349 g/mol. The van der Waals surface area contributed by atoms with Crippen LogP contribution >= 0.6 is 15.9 Å². The van der Waals surface area contributed by atoms with E-state index in [-0.39, 0.29) is 5.56 Å². The van der Waals surface area contributed by atoms with Gasteiger partial charge in [0.25, 0.3) is 0 Å². The molecule has 3 aromatic rings. The SMILES string of the molecule is OC(c1ccc(F)c(F)c1)c1ccc(Br)c2cccnc12. The Morgan fingerprint density at radius 1 is 1.05 bits per heavy atom. The van der Waals surface area contributed by atoms with E-state index in [1.54, 1.807) is 24.4 Å². The van der Waals surface area contributed by atoms with Crippen LogP contribution in [0.2, 0.25) is 0 Å². The predicted molar refractivity (Wildman–Crippen MR) is 79.9 cm³/mol. The molecule has 3 rings (SSSR count). The number of fused-ring (bicyclic) bond motifs is 1. The Hall–Kier alpha value is -1.85. The molecule has 0 fully saturated rings. The average Bonchev–Trinajstić information content (AvgIpc) is 2.50. The molecule has 0 amide bonds. The normalized spacial score (nSPS) is 12.6. The summed E-state index contributed by atoms with van der Waals surface area (Å²) in [5.74, 6) is -1.93. The molecule has 0 saturated carbocycles. The zero-order valence-electron chi connectivity index (χ0n) is 10.7. The van der Waals surface area contributed by atoms with E-state index in [9.17, 15) is 13.9 Å². The van der Waals surface area contributed by atoms with Crippen molar-refractivity contribution in [2.24, 2.45) is 0 Å². The molecule has 5 heteroatoms. The van der Waals surface area contributed by atoms with Gasteiger partial charge in [0.15, 0.2) is 11.6 Å². The van der Waals surface area contributed by atoms with E-state index in [1.165, 1.54) is 6.07 Å². The summed E-state index contributed by atoms with van der Waals surface area (Å²) in [7, 11) is 0. The Balaban J connectivity index is 2.15. The molecule has 1 atom stereocenters. The lowest BCUT2D eigenvalue weighted by molar-refractivity contribution is 0.221. The molecule has 2 nitrogen and oxygen atoms in total. The Bertz CT molecular complexity index is 822. The minimum Gasteiger partial charge on any atom is -0.384 e. The largest absolute Gasteiger partial charge is 0.384 e. The molecular weight excluding hydrogens is 340 g/mol. The van der Waals surface area contributed by atoms with Gasteiger partial charge in [-0.05, 0) is 29.8 Å². The van der Waals surface area contributed by atoms with Crippen molar-refractivity contribution in [1.82, 2.24) is 4.98 Å². The second-order valence-corrected chi connectivity index (χ2v) is 5.47. The van der Waals surface area contributed by atoms with Crippen LogP contribution in [0.15, 0.2) is 53.1 Å². The van der Waals surface area contributed by atoms with Gasteiger partial charge in [-0.25, -0.2) is 8.78 Å². The van der Waals surface area contributed by atoms with E-state index in [1.807, 2.05) is 6.07 Å². The summed E-state index contributed by atoms with van der Waals surface area (Å²) >= 11 is 3.43. The molecule has 21 heavy (non-hydrogen) atoms. The maximum Gasteiger partial charge on any atom is 0.159 e. The Morgan fingerprint density at radius 3 is 2.62 bits per heavy atom. The molecule has 0 aliphatic heterocycles. The smallest absolute Gasteiger partial charge is 0.159 e. The van der Waals surface area contributed by atoms with Crippen molar-refractivity contribution in [2.45, 2.75) is 6.10 Å². The lowest BCUT2D eigenvalue weighted by Gasteiger charge is -2.14. The van der Waals surface area contributed by atoms with E-state index < -0.39 is 17.7 Å². The Morgan fingerprint density at radius 2 is 1.86 bits per heavy atom. The molecule has 1 aromatic heterocycles. The highest BCUT2D eigenvalue weighted by molar-refractivity contribution is 9.10. The van der Waals surface area contributed by atoms with Crippen LogP contribution in [-0.2, 0) is 0 Å². The van der Waals surface area contributed by atoms with Crippen molar-refractivity contribution in [3.05, 3.63) is 75.9 Å². The molecule has 1 unspecified atom stereocenters. The number of pyridine rings is 1. The lowest BCUT2D eigenvalue weighted by atomic mass is 9.98. The molecule has 0 bridgehead atoms. The number of rotatable bonds is 2. The van der Waals surface area contributed by atoms with Crippen LogP contribution in [0.3, 0.4) is 0 Å². The summed E-state index contributed by atoms with van der Waals surface area (Å²) in [4.78, 5) is 4.27. The summed E-state index contributed by atoms with van der Waals surface area (Å²) in [5.41, 5.74) is 1.44. The van der Waals surface area contributed by atoms with Crippen molar-refractivity contribution in [1.29, 1.82) is 0 Å². The van der Waals surface area contributed by atoms with E-state index in [2.05, 4.69) is 20.9 Å². The van der Waals surface area contributed by atoms with Gasteiger partial charge in [-0.3, -0.25) is 4.98 Å². The topological polar surface area (TPSA) is 33.1 Å². The summed E-state index contributed by atoms with van der Waals surface area (Å²) < 4.78 is 27.2. The second-order valence-electron chi connectivity index (χ2n) is 4.61. The Labute approximate surface area is 128 Å². The third kappa shape index (κ3) is 2.54. The van der Waals surface area contributed by atoms with Crippen LogP contribution in [-0.4, -0.2) is 10.1 Å². The molecule has 1 heterocycles. The fourth-order valence-electron chi connectivity index (χ4n) is 2.24. The van der Waals surface area contributed by atoms with Crippen molar-refractivity contribution in [2.75, 3.05) is 0 Å². The lowest BCUT2D eigenvalue weighted by Crippen LogP contribution is -2.03. The molecular formula is C16H10BrF2NO. The first-order chi connectivity index (χ1) is 10.1. The van der Waals surface area contributed by atoms with Crippen molar-refractivity contribution < 1.29 is 13.9 Å². The van der Waals surface area contributed by atoms with Gasteiger partial charge < -0.3 is 5.11 Å². The van der Waals surface area contributed by atoms with Crippen molar-refractivity contribution >= 4 is 26.8 Å². The Kier molecular flexibility index (Phi) is 3.69. The minimum absolute atomic E-state index is 0.281. The van der Waals surface area contributed by atoms with E-state index in [4.69, 9.17) is 0 Å². The molecule has 106 valence electrons. The molecule has 0 aliphatic carbocycles. The number of halogens is 3. The number of aliphatic hydroxyl groups is 1. The van der Waals surface area contributed by atoms with Gasteiger partial charge in [0.2, 0.25) is 0 Å². The third-order valence-electron chi connectivity index (χ3n) is 3.30. The maximum absolute atomic E-state index is 13.3. The van der Waals surface area contributed by atoms with Gasteiger partial charge in [-0.15, -0.1) is 0 Å². The zero-order valence-corrected chi connectivity index (χ0v) is 12.3. The van der Waals surface area contributed by atoms with Crippen molar-refractivity contribution in [3.8, 4) is 0 Å². The number of benzene rings is 2. The van der Waals surface area contributed by atoms with Gasteiger partial charge in [0.05, 0.1) is 5.52 Å². The molecule has 1 N–H and O–H groups in total. The van der Waals surface area contributed by atoms with Gasteiger partial charge >= 0.3 is 0 Å². The highest BCUT2D eigenvalue weighted by Gasteiger charge is 2.17. The minimum atomic E-state index is -1.08. The predicted octanol–water partition coefficient (Wildman–Crippen LogP) is 4.36. The zero-order chi connectivity index (χ0) is 15.0. The summed E-state index contributed by atoms with van der Waals surface area (Å²) in [6, 6.07) is 10.5. The van der Waals surface area contributed by atoms with Gasteiger partial charge in [0.1, 0.15) is 6.10 Å². The average molecular weight is 350 g/mol. The summed E-state index contributed by atoms with van der Waals surface area (Å²) in [6.07, 6.45) is 0.543. The molecule has 0 radical (unpaired) electrons. The van der Waals surface area contributed by atoms with Crippen molar-refractivity contribution in [3.63, 3.8) is 0 Å². The van der Waals surface area contributed by atoms with Gasteiger partial charge in [-0.1, -0.05) is 34.1 Å². The number of hydrogen-bond donors (Lipinski definition) is 1. The first-order valence-electron chi connectivity index (χ1n) is 6.24. The second kappa shape index (κ2) is 5.50. The van der Waals surface area contributed by atoms with Crippen LogP contribution in [0, 0.1) is 11.6 Å². The third-order valence-corrected chi connectivity index (χ3v) is 3.99. The van der Waals surface area contributed by atoms with Crippen LogP contribution in [0.5, 0.6) is 0 Å². The summed E-state index contributed by atoms with van der Waals surface area (Å²) in [5, 5.41) is 11.3.